The average molecular weight is 434 g/mol. The van der Waals surface area contributed by atoms with Crippen LogP contribution in [0, 0.1) is 0 Å². The average Bonchev–Trinajstić information content (AvgIpc) is 3.04. The Hall–Kier alpha value is -2.05. The van der Waals surface area contributed by atoms with Crippen LogP contribution in [0.25, 0.3) is 0 Å². The number of nitrogens with zero attached hydrogens (tertiary/aromatic N) is 1. The van der Waals surface area contributed by atoms with Crippen LogP contribution in [-0.2, 0) is 4.79 Å². The zero-order valence-electron chi connectivity index (χ0n) is 16.5. The van der Waals surface area contributed by atoms with Gasteiger partial charge in [0.15, 0.2) is 17.1 Å². The SMILES string of the molecule is CC(C)(Oc1ccc(Cl)cc1)C(=O)N1CCSC(c2ccc3c(c2)OCO3)CC1. The van der Waals surface area contributed by atoms with Crippen molar-refractivity contribution in [2.24, 2.45) is 0 Å². The fourth-order valence-electron chi connectivity index (χ4n) is 3.57. The van der Waals surface area contributed by atoms with Crippen molar-refractivity contribution in [2.45, 2.75) is 31.1 Å². The minimum Gasteiger partial charge on any atom is -0.478 e. The maximum absolute atomic E-state index is 13.2. The number of carbonyl (C=O) groups is 1. The molecule has 1 amide bonds. The molecular weight excluding hydrogens is 410 g/mol. The summed E-state index contributed by atoms with van der Waals surface area (Å²) in [5, 5.41) is 0.961. The molecule has 7 heteroatoms. The molecule has 0 N–H and O–H groups in total. The Balaban J connectivity index is 1.40. The maximum Gasteiger partial charge on any atom is 0.266 e. The highest BCUT2D eigenvalue weighted by atomic mass is 35.5. The molecule has 0 aliphatic carbocycles. The first kappa shape index (κ1) is 20.2. The zero-order valence-corrected chi connectivity index (χ0v) is 18.1. The van der Waals surface area contributed by atoms with Crippen LogP contribution in [0.4, 0.5) is 0 Å². The van der Waals surface area contributed by atoms with E-state index in [0.717, 1.165) is 23.7 Å². The quantitative estimate of drug-likeness (QED) is 0.684. The zero-order chi connectivity index (χ0) is 20.4. The lowest BCUT2D eigenvalue weighted by Gasteiger charge is -2.31. The molecule has 29 heavy (non-hydrogen) atoms. The lowest BCUT2D eigenvalue weighted by molar-refractivity contribution is -0.145. The Bertz CT molecular complexity index is 887. The number of benzene rings is 2. The molecule has 154 valence electrons. The van der Waals surface area contributed by atoms with Gasteiger partial charge >= 0.3 is 0 Å². The number of fused-ring (bicyclic) bond motifs is 1. The summed E-state index contributed by atoms with van der Waals surface area (Å²) >= 11 is 7.81. The number of carbonyl (C=O) groups excluding carboxylic acids is 1. The van der Waals surface area contributed by atoms with Gasteiger partial charge in [-0.15, -0.1) is 0 Å². The predicted octanol–water partition coefficient (Wildman–Crippen LogP) is 4.93. The van der Waals surface area contributed by atoms with Crippen LogP contribution in [0.15, 0.2) is 42.5 Å². The second-order valence-electron chi connectivity index (χ2n) is 7.62. The van der Waals surface area contributed by atoms with E-state index in [-0.39, 0.29) is 12.7 Å². The van der Waals surface area contributed by atoms with Crippen molar-refractivity contribution in [1.29, 1.82) is 0 Å². The number of thioether (sulfide) groups is 1. The van der Waals surface area contributed by atoms with Crippen molar-refractivity contribution in [2.75, 3.05) is 25.6 Å². The van der Waals surface area contributed by atoms with Gasteiger partial charge in [0.2, 0.25) is 6.79 Å². The van der Waals surface area contributed by atoms with Crippen molar-refractivity contribution in [3.8, 4) is 17.2 Å². The molecule has 1 saturated heterocycles. The molecule has 0 bridgehead atoms. The normalized spacial score (nSPS) is 19.0. The second kappa shape index (κ2) is 8.36. The van der Waals surface area contributed by atoms with E-state index in [1.54, 1.807) is 24.3 Å². The first-order chi connectivity index (χ1) is 13.9. The molecule has 2 heterocycles. The molecule has 0 saturated carbocycles. The minimum absolute atomic E-state index is 0.000568. The van der Waals surface area contributed by atoms with Crippen LogP contribution in [0.3, 0.4) is 0 Å². The van der Waals surface area contributed by atoms with Gasteiger partial charge in [-0.3, -0.25) is 4.79 Å². The number of hydrogen-bond donors (Lipinski definition) is 0. The summed E-state index contributed by atoms with van der Waals surface area (Å²) < 4.78 is 16.9. The van der Waals surface area contributed by atoms with E-state index in [2.05, 4.69) is 12.1 Å². The topological polar surface area (TPSA) is 48.0 Å². The molecule has 4 rings (SSSR count). The third-order valence-corrected chi connectivity index (χ3v) is 6.68. The molecule has 1 unspecified atom stereocenters. The van der Waals surface area contributed by atoms with E-state index in [4.69, 9.17) is 25.8 Å². The van der Waals surface area contributed by atoms with Crippen molar-refractivity contribution >= 4 is 29.3 Å². The summed E-state index contributed by atoms with van der Waals surface area (Å²) in [6.45, 7) is 5.31. The molecule has 2 aromatic rings. The van der Waals surface area contributed by atoms with Gasteiger partial charge in [0.05, 0.1) is 0 Å². The van der Waals surface area contributed by atoms with Crippen LogP contribution >= 0.6 is 23.4 Å². The van der Waals surface area contributed by atoms with Gasteiger partial charge < -0.3 is 19.1 Å². The molecule has 2 aliphatic heterocycles. The lowest BCUT2D eigenvalue weighted by atomic mass is 10.1. The highest BCUT2D eigenvalue weighted by Crippen LogP contribution is 2.40. The predicted molar refractivity (Wildman–Crippen MR) is 115 cm³/mol. The van der Waals surface area contributed by atoms with Gasteiger partial charge in [0.1, 0.15) is 5.75 Å². The van der Waals surface area contributed by atoms with Gasteiger partial charge in [-0.05, 0) is 62.2 Å². The highest BCUT2D eigenvalue weighted by molar-refractivity contribution is 7.99. The molecule has 1 atom stereocenters. The van der Waals surface area contributed by atoms with E-state index >= 15 is 0 Å². The third-order valence-electron chi connectivity index (χ3n) is 5.10. The lowest BCUT2D eigenvalue weighted by Crippen LogP contribution is -2.49. The van der Waals surface area contributed by atoms with E-state index in [0.29, 0.717) is 29.1 Å². The third kappa shape index (κ3) is 4.59. The molecule has 2 aliphatic rings. The fraction of sp³-hybridized carbons (Fsp3) is 0.409. The second-order valence-corrected chi connectivity index (χ2v) is 9.37. The van der Waals surface area contributed by atoms with Crippen molar-refractivity contribution < 1.29 is 19.0 Å². The van der Waals surface area contributed by atoms with Crippen LogP contribution in [-0.4, -0.2) is 42.0 Å². The highest BCUT2D eigenvalue weighted by Gasteiger charge is 2.35. The van der Waals surface area contributed by atoms with Gasteiger partial charge in [-0.25, -0.2) is 0 Å². The molecule has 5 nitrogen and oxygen atoms in total. The van der Waals surface area contributed by atoms with Gasteiger partial charge in [0.25, 0.3) is 5.91 Å². The largest absolute Gasteiger partial charge is 0.478 e. The van der Waals surface area contributed by atoms with Gasteiger partial charge in [0, 0.05) is 29.1 Å². The Morgan fingerprint density at radius 1 is 1.14 bits per heavy atom. The first-order valence-electron chi connectivity index (χ1n) is 9.67. The van der Waals surface area contributed by atoms with Crippen LogP contribution in [0.2, 0.25) is 5.02 Å². The molecule has 1 fully saturated rings. The summed E-state index contributed by atoms with van der Waals surface area (Å²) in [5.41, 5.74) is 0.266. The van der Waals surface area contributed by atoms with Crippen molar-refractivity contribution in [3.05, 3.63) is 53.1 Å². The standard InChI is InChI=1S/C22H24ClNO4S/c1-22(2,28-17-6-4-16(23)5-7-17)21(25)24-10-9-20(29-12-11-24)15-3-8-18-19(13-15)27-14-26-18/h3-8,13,20H,9-12,14H2,1-2H3. The number of halogens is 1. The Morgan fingerprint density at radius 3 is 2.69 bits per heavy atom. The Labute approximate surface area is 180 Å². The van der Waals surface area contributed by atoms with E-state index in [1.165, 1.54) is 5.56 Å². The van der Waals surface area contributed by atoms with Crippen LogP contribution in [0.5, 0.6) is 17.2 Å². The Kier molecular flexibility index (Phi) is 5.83. The summed E-state index contributed by atoms with van der Waals surface area (Å²) in [6.07, 6.45) is 0.882. The van der Waals surface area contributed by atoms with E-state index in [9.17, 15) is 4.79 Å². The smallest absolute Gasteiger partial charge is 0.266 e. The molecule has 0 aromatic heterocycles. The maximum atomic E-state index is 13.2. The number of hydrogen-bond acceptors (Lipinski definition) is 5. The van der Waals surface area contributed by atoms with Crippen molar-refractivity contribution in [1.82, 2.24) is 4.90 Å². The number of ether oxygens (including phenoxy) is 3. The summed E-state index contributed by atoms with van der Waals surface area (Å²) in [5.74, 6) is 3.11. The van der Waals surface area contributed by atoms with Gasteiger partial charge in [-0.2, -0.15) is 11.8 Å². The summed E-state index contributed by atoms with van der Waals surface area (Å²) in [6, 6.07) is 13.2. The van der Waals surface area contributed by atoms with E-state index < -0.39 is 5.60 Å². The van der Waals surface area contributed by atoms with Crippen LogP contribution < -0.4 is 14.2 Å². The number of amides is 1. The first-order valence-corrected chi connectivity index (χ1v) is 11.1. The molecule has 2 aromatic carbocycles. The fourth-order valence-corrected chi connectivity index (χ4v) is 4.92. The molecular formula is C22H24ClNO4S. The summed E-state index contributed by atoms with van der Waals surface area (Å²) in [7, 11) is 0. The monoisotopic (exact) mass is 433 g/mol. The molecule has 0 radical (unpaired) electrons. The Morgan fingerprint density at radius 2 is 1.90 bits per heavy atom. The molecule has 0 spiro atoms. The van der Waals surface area contributed by atoms with Gasteiger partial charge in [-0.1, -0.05) is 17.7 Å². The number of rotatable bonds is 4. The summed E-state index contributed by atoms with van der Waals surface area (Å²) in [4.78, 5) is 15.1. The van der Waals surface area contributed by atoms with E-state index in [1.807, 2.05) is 36.6 Å². The minimum atomic E-state index is -0.947. The van der Waals surface area contributed by atoms with Crippen LogP contribution in [0.1, 0.15) is 31.1 Å². The van der Waals surface area contributed by atoms with Crippen molar-refractivity contribution in [3.63, 3.8) is 0 Å².